The molecule has 0 fully saturated rings. The Morgan fingerprint density at radius 1 is 1.53 bits per heavy atom. The Morgan fingerprint density at radius 3 is 2.67 bits per heavy atom. The number of benzene rings is 1. The highest BCUT2D eigenvalue weighted by Gasteiger charge is 2.15. The summed E-state index contributed by atoms with van der Waals surface area (Å²) in [5.74, 6) is -2.62. The summed E-state index contributed by atoms with van der Waals surface area (Å²) < 4.78 is 25.9. The van der Waals surface area contributed by atoms with Crippen LogP contribution in [-0.2, 0) is 11.2 Å². The van der Waals surface area contributed by atoms with Gasteiger partial charge in [0.1, 0.15) is 17.7 Å². The van der Waals surface area contributed by atoms with Gasteiger partial charge in [-0.15, -0.1) is 0 Å². The van der Waals surface area contributed by atoms with Gasteiger partial charge in [0.05, 0.1) is 0 Å². The average Bonchev–Trinajstić information content (AvgIpc) is 2.13. The van der Waals surface area contributed by atoms with Crippen molar-refractivity contribution >= 4 is 5.97 Å². The summed E-state index contributed by atoms with van der Waals surface area (Å²) in [6.07, 6.45) is -0.0875. The Bertz CT molecular complexity index is 393. The minimum atomic E-state index is -1.20. The smallest absolute Gasteiger partial charge is 0.320 e. The van der Waals surface area contributed by atoms with Gasteiger partial charge < -0.3 is 10.8 Å². The highest BCUT2D eigenvalue weighted by atomic mass is 19.1. The molecule has 1 rings (SSSR count). The fourth-order valence-corrected chi connectivity index (χ4v) is 1.24. The SMILES string of the molecule is Cc1c(F)cc(F)cc1CC(N)C(=O)O. The number of hydrogen-bond acceptors (Lipinski definition) is 2. The van der Waals surface area contributed by atoms with Crippen LogP contribution < -0.4 is 5.73 Å². The molecule has 5 heteroatoms. The van der Waals surface area contributed by atoms with Crippen LogP contribution in [0, 0.1) is 18.6 Å². The molecule has 3 N–H and O–H groups in total. The molecule has 1 aromatic rings. The number of nitrogens with two attached hydrogens (primary N) is 1. The molecule has 1 aromatic carbocycles. The van der Waals surface area contributed by atoms with Gasteiger partial charge in [0.2, 0.25) is 0 Å². The van der Waals surface area contributed by atoms with E-state index in [1.807, 2.05) is 0 Å². The van der Waals surface area contributed by atoms with Gasteiger partial charge in [-0.2, -0.15) is 0 Å². The van der Waals surface area contributed by atoms with E-state index < -0.39 is 23.6 Å². The highest BCUT2D eigenvalue weighted by Crippen LogP contribution is 2.16. The van der Waals surface area contributed by atoms with Gasteiger partial charge in [-0.1, -0.05) is 0 Å². The Labute approximate surface area is 85.5 Å². The lowest BCUT2D eigenvalue weighted by Gasteiger charge is -2.10. The molecule has 0 saturated carbocycles. The van der Waals surface area contributed by atoms with Crippen molar-refractivity contribution in [3.63, 3.8) is 0 Å². The lowest BCUT2D eigenvalue weighted by Crippen LogP contribution is -2.32. The van der Waals surface area contributed by atoms with Crippen molar-refractivity contribution in [2.75, 3.05) is 0 Å². The summed E-state index contributed by atoms with van der Waals surface area (Å²) in [6, 6.07) is 0.705. The molecule has 1 atom stereocenters. The topological polar surface area (TPSA) is 63.3 Å². The van der Waals surface area contributed by atoms with Crippen molar-refractivity contribution in [1.82, 2.24) is 0 Å². The minimum absolute atomic E-state index is 0.0875. The normalized spacial score (nSPS) is 12.5. The predicted octanol–water partition coefficient (Wildman–Crippen LogP) is 1.23. The predicted molar refractivity (Wildman–Crippen MR) is 50.4 cm³/mol. The van der Waals surface area contributed by atoms with Gasteiger partial charge in [0, 0.05) is 6.07 Å². The standard InChI is InChI=1S/C10H11F2NO2/c1-5-6(3-9(13)10(14)15)2-7(11)4-8(5)12/h2,4,9H,3,13H2,1H3,(H,14,15). The third-order valence-electron chi connectivity index (χ3n) is 2.17. The first kappa shape index (κ1) is 11.6. The van der Waals surface area contributed by atoms with E-state index >= 15 is 0 Å². The number of carboxylic acids is 1. The number of carbonyl (C=O) groups is 1. The van der Waals surface area contributed by atoms with Gasteiger partial charge in [0.15, 0.2) is 0 Å². The Morgan fingerprint density at radius 2 is 2.13 bits per heavy atom. The van der Waals surface area contributed by atoms with E-state index in [0.717, 1.165) is 12.1 Å². The van der Waals surface area contributed by atoms with E-state index in [0.29, 0.717) is 0 Å². The minimum Gasteiger partial charge on any atom is -0.480 e. The van der Waals surface area contributed by atoms with Gasteiger partial charge in [-0.3, -0.25) is 4.79 Å². The van der Waals surface area contributed by atoms with E-state index in [4.69, 9.17) is 10.8 Å². The quantitative estimate of drug-likeness (QED) is 0.797. The maximum atomic E-state index is 13.1. The van der Waals surface area contributed by atoms with Gasteiger partial charge in [0.25, 0.3) is 0 Å². The molecular formula is C10H11F2NO2. The monoisotopic (exact) mass is 215 g/mol. The Hall–Kier alpha value is -1.49. The molecule has 82 valence electrons. The zero-order valence-electron chi connectivity index (χ0n) is 8.13. The first-order chi connectivity index (χ1) is 6.91. The van der Waals surface area contributed by atoms with E-state index in [-0.39, 0.29) is 17.5 Å². The lowest BCUT2D eigenvalue weighted by atomic mass is 10.0. The number of carboxylic acid groups (broad SMARTS) is 1. The molecule has 0 heterocycles. The molecule has 0 aliphatic rings. The Balaban J connectivity index is 2.99. The fraction of sp³-hybridized carbons (Fsp3) is 0.300. The maximum absolute atomic E-state index is 13.1. The summed E-state index contributed by atoms with van der Waals surface area (Å²) in [4.78, 5) is 10.5. The summed E-state index contributed by atoms with van der Waals surface area (Å²) in [5, 5.41) is 8.56. The largest absolute Gasteiger partial charge is 0.480 e. The molecule has 0 saturated heterocycles. The first-order valence-corrected chi connectivity index (χ1v) is 4.34. The van der Waals surface area contributed by atoms with Gasteiger partial charge in [-0.25, -0.2) is 8.78 Å². The van der Waals surface area contributed by atoms with Crippen LogP contribution in [-0.4, -0.2) is 17.1 Å². The Kier molecular flexibility index (Phi) is 3.36. The van der Waals surface area contributed by atoms with Crippen molar-refractivity contribution in [2.24, 2.45) is 5.73 Å². The van der Waals surface area contributed by atoms with E-state index in [1.54, 1.807) is 0 Å². The van der Waals surface area contributed by atoms with Crippen LogP contribution in [0.5, 0.6) is 0 Å². The van der Waals surface area contributed by atoms with Crippen molar-refractivity contribution in [1.29, 1.82) is 0 Å². The van der Waals surface area contributed by atoms with E-state index in [2.05, 4.69) is 0 Å². The summed E-state index contributed by atoms with van der Waals surface area (Å²) in [6.45, 7) is 1.46. The van der Waals surface area contributed by atoms with Crippen LogP contribution in [0.15, 0.2) is 12.1 Å². The van der Waals surface area contributed by atoms with E-state index in [1.165, 1.54) is 6.92 Å². The van der Waals surface area contributed by atoms with Crippen molar-refractivity contribution in [2.45, 2.75) is 19.4 Å². The number of hydrogen-bond donors (Lipinski definition) is 2. The zero-order valence-corrected chi connectivity index (χ0v) is 8.13. The molecule has 15 heavy (non-hydrogen) atoms. The second-order valence-corrected chi connectivity index (χ2v) is 3.32. The zero-order chi connectivity index (χ0) is 11.6. The second kappa shape index (κ2) is 4.35. The summed E-state index contributed by atoms with van der Waals surface area (Å²) >= 11 is 0. The lowest BCUT2D eigenvalue weighted by molar-refractivity contribution is -0.138. The highest BCUT2D eigenvalue weighted by molar-refractivity contribution is 5.73. The molecule has 0 radical (unpaired) electrons. The molecule has 3 nitrogen and oxygen atoms in total. The van der Waals surface area contributed by atoms with Crippen LogP contribution in [0.2, 0.25) is 0 Å². The molecule has 0 spiro atoms. The molecule has 0 aliphatic carbocycles. The second-order valence-electron chi connectivity index (χ2n) is 3.32. The third-order valence-corrected chi connectivity index (χ3v) is 2.17. The van der Waals surface area contributed by atoms with Crippen LogP contribution in [0.3, 0.4) is 0 Å². The van der Waals surface area contributed by atoms with Crippen LogP contribution in [0.25, 0.3) is 0 Å². The van der Waals surface area contributed by atoms with E-state index in [9.17, 15) is 13.6 Å². The third kappa shape index (κ3) is 2.73. The number of aliphatic carboxylic acids is 1. The van der Waals surface area contributed by atoms with Gasteiger partial charge >= 0.3 is 5.97 Å². The van der Waals surface area contributed by atoms with Gasteiger partial charge in [-0.05, 0) is 30.5 Å². The van der Waals surface area contributed by atoms with Crippen molar-refractivity contribution in [3.8, 4) is 0 Å². The fourth-order valence-electron chi connectivity index (χ4n) is 1.24. The van der Waals surface area contributed by atoms with Crippen molar-refractivity contribution < 1.29 is 18.7 Å². The molecule has 0 bridgehead atoms. The van der Waals surface area contributed by atoms with Crippen LogP contribution in [0.1, 0.15) is 11.1 Å². The number of halogens is 2. The average molecular weight is 215 g/mol. The van der Waals surface area contributed by atoms with Crippen LogP contribution in [0.4, 0.5) is 8.78 Å². The van der Waals surface area contributed by atoms with Crippen molar-refractivity contribution in [3.05, 3.63) is 34.9 Å². The number of rotatable bonds is 3. The first-order valence-electron chi connectivity index (χ1n) is 4.34. The molecule has 0 aliphatic heterocycles. The maximum Gasteiger partial charge on any atom is 0.320 e. The molecule has 0 amide bonds. The van der Waals surface area contributed by atoms with Crippen LogP contribution >= 0.6 is 0 Å². The molecule has 1 unspecified atom stereocenters. The molecule has 0 aromatic heterocycles. The summed E-state index contributed by atoms with van der Waals surface area (Å²) in [5.41, 5.74) is 5.78. The molecular weight excluding hydrogens is 204 g/mol. The summed E-state index contributed by atoms with van der Waals surface area (Å²) in [7, 11) is 0.